The van der Waals surface area contributed by atoms with Gasteiger partial charge in [0.1, 0.15) is 0 Å². The monoisotopic (exact) mass is 312 g/mol. The van der Waals surface area contributed by atoms with Crippen molar-refractivity contribution in [2.24, 2.45) is 0 Å². The molecule has 1 aliphatic heterocycles. The minimum atomic E-state index is -0.418. The molecule has 0 amide bonds. The second kappa shape index (κ2) is 12.1. The van der Waals surface area contributed by atoms with Crippen molar-refractivity contribution in [1.82, 2.24) is 0 Å². The number of ether oxygens (including phenoxy) is 1. The molecule has 0 radical (unpaired) electrons. The minimum absolute atomic E-state index is 0.0647. The normalized spacial score (nSPS) is 26.2. The maximum atomic E-state index is 10.2. The van der Waals surface area contributed by atoms with E-state index in [0.29, 0.717) is 6.42 Å². The molecule has 0 aliphatic carbocycles. The Morgan fingerprint density at radius 1 is 1.14 bits per heavy atom. The highest BCUT2D eigenvalue weighted by molar-refractivity contribution is 4.85. The molecule has 0 aromatic heterocycles. The highest BCUT2D eigenvalue weighted by Gasteiger charge is 2.36. The van der Waals surface area contributed by atoms with E-state index in [-0.39, 0.29) is 12.2 Å². The van der Waals surface area contributed by atoms with Crippen LogP contribution in [0.3, 0.4) is 0 Å². The lowest BCUT2D eigenvalue weighted by atomic mass is 10.0. The Kier molecular flexibility index (Phi) is 10.8. The van der Waals surface area contributed by atoms with Crippen molar-refractivity contribution in [1.29, 1.82) is 0 Å². The highest BCUT2D eigenvalue weighted by Crippen LogP contribution is 2.28. The van der Waals surface area contributed by atoms with Crippen LogP contribution in [0.2, 0.25) is 0 Å². The Balaban J connectivity index is 2.10. The van der Waals surface area contributed by atoms with Crippen LogP contribution in [0.5, 0.6) is 0 Å². The molecule has 130 valence electrons. The third-order valence-electron chi connectivity index (χ3n) is 4.68. The van der Waals surface area contributed by atoms with E-state index < -0.39 is 12.2 Å². The van der Waals surface area contributed by atoms with Crippen LogP contribution in [0.1, 0.15) is 84.0 Å². The van der Waals surface area contributed by atoms with E-state index in [9.17, 15) is 10.2 Å². The maximum absolute atomic E-state index is 10.2. The second-order valence-corrected chi connectivity index (χ2v) is 6.71. The third-order valence-corrected chi connectivity index (χ3v) is 4.68. The van der Waals surface area contributed by atoms with Gasteiger partial charge in [0, 0.05) is 6.42 Å². The summed E-state index contributed by atoms with van der Waals surface area (Å²) in [6.45, 7) is 5.91. The van der Waals surface area contributed by atoms with Crippen molar-refractivity contribution in [3.05, 3.63) is 12.7 Å². The fraction of sp³-hybridized carbons (Fsp3) is 0.895. The molecule has 0 aromatic rings. The van der Waals surface area contributed by atoms with Gasteiger partial charge in [-0.15, -0.1) is 6.58 Å². The lowest BCUT2D eigenvalue weighted by Gasteiger charge is -2.19. The van der Waals surface area contributed by atoms with E-state index in [1.54, 1.807) is 0 Å². The van der Waals surface area contributed by atoms with Crippen LogP contribution in [0, 0.1) is 0 Å². The fourth-order valence-electron chi connectivity index (χ4n) is 3.22. The maximum Gasteiger partial charge on any atom is 0.0864 e. The number of hydrogen-bond donors (Lipinski definition) is 2. The summed E-state index contributed by atoms with van der Waals surface area (Å²) in [4.78, 5) is 0. The zero-order valence-electron chi connectivity index (χ0n) is 14.4. The molecule has 3 nitrogen and oxygen atoms in total. The Bertz CT molecular complexity index is 280. The van der Waals surface area contributed by atoms with E-state index in [2.05, 4.69) is 13.5 Å². The van der Waals surface area contributed by atoms with Crippen LogP contribution in [0.25, 0.3) is 0 Å². The Morgan fingerprint density at radius 2 is 1.86 bits per heavy atom. The smallest absolute Gasteiger partial charge is 0.0864 e. The van der Waals surface area contributed by atoms with Gasteiger partial charge in [-0.05, 0) is 25.7 Å². The quantitative estimate of drug-likeness (QED) is 0.392. The molecule has 1 fully saturated rings. The third kappa shape index (κ3) is 7.75. The summed E-state index contributed by atoms with van der Waals surface area (Å²) in [6.07, 6.45) is 13.7. The Labute approximate surface area is 136 Å². The van der Waals surface area contributed by atoms with Crippen molar-refractivity contribution in [2.75, 3.05) is 0 Å². The van der Waals surface area contributed by atoms with Crippen LogP contribution in [0.15, 0.2) is 12.7 Å². The van der Waals surface area contributed by atoms with E-state index >= 15 is 0 Å². The van der Waals surface area contributed by atoms with Gasteiger partial charge in [0.05, 0.1) is 24.4 Å². The first-order valence-electron chi connectivity index (χ1n) is 9.31. The van der Waals surface area contributed by atoms with Gasteiger partial charge in [0.25, 0.3) is 0 Å². The van der Waals surface area contributed by atoms with Crippen molar-refractivity contribution >= 4 is 0 Å². The molecular formula is C19H36O3. The first-order valence-corrected chi connectivity index (χ1v) is 9.31. The molecule has 1 saturated heterocycles. The average molecular weight is 312 g/mol. The molecule has 2 N–H and O–H groups in total. The summed E-state index contributed by atoms with van der Waals surface area (Å²) >= 11 is 0. The SMILES string of the molecule is C=CCCCCCCC[C@H](O)C1C[C@H](O)[C@H](CCCCC)O1. The van der Waals surface area contributed by atoms with Crippen LogP contribution >= 0.6 is 0 Å². The van der Waals surface area contributed by atoms with Crippen LogP contribution in [-0.4, -0.2) is 34.6 Å². The summed E-state index contributed by atoms with van der Waals surface area (Å²) in [5, 5.41) is 20.3. The largest absolute Gasteiger partial charge is 0.390 e. The summed E-state index contributed by atoms with van der Waals surface area (Å²) in [7, 11) is 0. The molecule has 1 rings (SSSR count). The van der Waals surface area contributed by atoms with Crippen molar-refractivity contribution in [3.8, 4) is 0 Å². The summed E-state index contributed by atoms with van der Waals surface area (Å²) < 4.78 is 5.88. The van der Waals surface area contributed by atoms with Crippen LogP contribution in [0.4, 0.5) is 0 Å². The van der Waals surface area contributed by atoms with E-state index in [4.69, 9.17) is 4.74 Å². The van der Waals surface area contributed by atoms with E-state index in [0.717, 1.165) is 32.1 Å². The topological polar surface area (TPSA) is 49.7 Å². The van der Waals surface area contributed by atoms with Gasteiger partial charge in [-0.2, -0.15) is 0 Å². The van der Waals surface area contributed by atoms with Crippen molar-refractivity contribution in [3.63, 3.8) is 0 Å². The summed E-state index contributed by atoms with van der Waals surface area (Å²) in [5.74, 6) is 0. The number of aliphatic hydroxyl groups excluding tert-OH is 2. The molecular weight excluding hydrogens is 276 g/mol. The minimum Gasteiger partial charge on any atom is -0.390 e. The molecule has 0 spiro atoms. The standard InChI is InChI=1S/C19H36O3/c1-3-5-7-8-9-10-12-13-16(20)19-15-17(21)18(22-19)14-11-6-4-2/h3,16-21H,1,4-15H2,2H3/t16-,17-,18-,19?/m0/s1. The summed E-state index contributed by atoms with van der Waals surface area (Å²) in [5.41, 5.74) is 0. The molecule has 0 aromatic carbocycles. The number of allylic oxidation sites excluding steroid dienone is 1. The first-order chi connectivity index (χ1) is 10.7. The fourth-order valence-corrected chi connectivity index (χ4v) is 3.22. The predicted molar refractivity (Wildman–Crippen MR) is 91.9 cm³/mol. The van der Waals surface area contributed by atoms with Gasteiger partial charge < -0.3 is 14.9 Å². The molecule has 1 unspecified atom stereocenters. The first kappa shape index (κ1) is 19.7. The Morgan fingerprint density at radius 3 is 2.59 bits per heavy atom. The van der Waals surface area contributed by atoms with Crippen molar-refractivity contribution in [2.45, 2.75) is 108 Å². The van der Waals surface area contributed by atoms with Gasteiger partial charge in [-0.1, -0.05) is 57.9 Å². The lowest BCUT2D eigenvalue weighted by molar-refractivity contribution is -0.0498. The molecule has 1 aliphatic rings. The highest BCUT2D eigenvalue weighted by atomic mass is 16.5. The molecule has 4 atom stereocenters. The molecule has 0 bridgehead atoms. The van der Waals surface area contributed by atoms with Crippen molar-refractivity contribution < 1.29 is 14.9 Å². The van der Waals surface area contributed by atoms with E-state index in [1.165, 1.54) is 38.5 Å². The number of aliphatic hydroxyl groups is 2. The zero-order valence-corrected chi connectivity index (χ0v) is 14.4. The molecule has 22 heavy (non-hydrogen) atoms. The van der Waals surface area contributed by atoms with Gasteiger partial charge in [-0.25, -0.2) is 0 Å². The molecule has 3 heteroatoms. The molecule has 1 heterocycles. The van der Waals surface area contributed by atoms with Gasteiger partial charge >= 0.3 is 0 Å². The zero-order chi connectivity index (χ0) is 16.2. The second-order valence-electron chi connectivity index (χ2n) is 6.71. The summed E-state index contributed by atoms with van der Waals surface area (Å²) in [6, 6.07) is 0. The predicted octanol–water partition coefficient (Wildman–Crippen LogP) is 4.36. The molecule has 0 saturated carbocycles. The van der Waals surface area contributed by atoms with Gasteiger partial charge in [-0.3, -0.25) is 0 Å². The lowest BCUT2D eigenvalue weighted by Crippen LogP contribution is -2.26. The number of hydrogen-bond acceptors (Lipinski definition) is 3. The number of unbranched alkanes of at least 4 members (excludes halogenated alkanes) is 7. The van der Waals surface area contributed by atoms with Crippen LogP contribution < -0.4 is 0 Å². The van der Waals surface area contributed by atoms with Gasteiger partial charge in [0.2, 0.25) is 0 Å². The van der Waals surface area contributed by atoms with Crippen LogP contribution in [-0.2, 0) is 4.74 Å². The Hall–Kier alpha value is -0.380. The van der Waals surface area contributed by atoms with Gasteiger partial charge in [0.15, 0.2) is 0 Å². The van der Waals surface area contributed by atoms with E-state index in [1.807, 2.05) is 6.08 Å². The average Bonchev–Trinajstić information content (AvgIpc) is 2.88. The number of rotatable bonds is 13.